The van der Waals surface area contributed by atoms with E-state index in [1.54, 1.807) is 30.3 Å². The molecule has 0 bridgehead atoms. The SMILES string of the molecule is CS(=O)(=O)c1ccc(NCC#Cc2cn(CC(F)(F)F)c3cccc(N)c23)c2c1C1(CC1)CO2. The lowest BCUT2D eigenvalue weighted by molar-refractivity contribution is -0.139. The van der Waals surface area contributed by atoms with Crippen LogP contribution >= 0.6 is 0 Å². The number of fused-ring (bicyclic) bond motifs is 3. The van der Waals surface area contributed by atoms with E-state index in [-0.39, 0.29) is 12.0 Å². The summed E-state index contributed by atoms with van der Waals surface area (Å²) in [5.41, 5.74) is 8.30. The van der Waals surface area contributed by atoms with E-state index in [1.807, 2.05) is 0 Å². The molecule has 0 radical (unpaired) electrons. The second-order valence-corrected chi connectivity index (χ2v) is 10.8. The van der Waals surface area contributed by atoms with E-state index in [0.717, 1.165) is 23.0 Å². The zero-order valence-electron chi connectivity index (χ0n) is 18.3. The quantitative estimate of drug-likeness (QED) is 0.426. The van der Waals surface area contributed by atoms with Gasteiger partial charge in [0.1, 0.15) is 12.3 Å². The summed E-state index contributed by atoms with van der Waals surface area (Å²) in [6.07, 6.45) is -0.0543. The number of nitrogens with two attached hydrogens (primary N) is 1. The van der Waals surface area contributed by atoms with Crippen molar-refractivity contribution >= 4 is 32.1 Å². The number of benzene rings is 2. The molecule has 6 nitrogen and oxygen atoms in total. The Bertz CT molecular complexity index is 1480. The van der Waals surface area contributed by atoms with Crippen LogP contribution in [0.2, 0.25) is 0 Å². The number of rotatable bonds is 4. The van der Waals surface area contributed by atoms with Crippen LogP contribution in [-0.4, -0.2) is 38.6 Å². The van der Waals surface area contributed by atoms with E-state index in [2.05, 4.69) is 17.2 Å². The third kappa shape index (κ3) is 3.94. The summed E-state index contributed by atoms with van der Waals surface area (Å²) in [4.78, 5) is 0.294. The number of nitrogens with one attached hydrogen (secondary N) is 1. The number of sulfone groups is 1. The Labute approximate surface area is 194 Å². The number of hydrogen-bond donors (Lipinski definition) is 2. The second kappa shape index (κ2) is 7.60. The molecule has 34 heavy (non-hydrogen) atoms. The first-order valence-corrected chi connectivity index (χ1v) is 12.5. The van der Waals surface area contributed by atoms with E-state index in [0.29, 0.717) is 45.1 Å². The van der Waals surface area contributed by atoms with Crippen LogP contribution in [0.4, 0.5) is 24.5 Å². The highest BCUT2D eigenvalue weighted by Crippen LogP contribution is 2.59. The third-order valence-corrected chi connectivity index (χ3v) is 7.41. The Morgan fingerprint density at radius 3 is 2.68 bits per heavy atom. The third-order valence-electron chi connectivity index (χ3n) is 6.27. The number of hydrogen-bond acceptors (Lipinski definition) is 5. The van der Waals surface area contributed by atoms with Gasteiger partial charge in [0.15, 0.2) is 9.84 Å². The summed E-state index contributed by atoms with van der Waals surface area (Å²) in [6.45, 7) is -0.502. The molecule has 2 aliphatic rings. The van der Waals surface area contributed by atoms with Gasteiger partial charge in [0.25, 0.3) is 0 Å². The maximum atomic E-state index is 13.0. The highest BCUT2D eigenvalue weighted by atomic mass is 32.2. The maximum absolute atomic E-state index is 13.0. The molecule has 0 atom stereocenters. The van der Waals surface area contributed by atoms with Crippen LogP contribution in [0.15, 0.2) is 41.4 Å². The summed E-state index contributed by atoms with van der Waals surface area (Å²) in [5, 5.41) is 3.64. The maximum Gasteiger partial charge on any atom is 0.406 e. The number of ether oxygens (including phenoxy) is 1. The molecule has 1 aromatic heterocycles. The minimum atomic E-state index is -4.37. The van der Waals surface area contributed by atoms with Gasteiger partial charge < -0.3 is 20.4 Å². The molecule has 3 aromatic rings. The zero-order chi connectivity index (χ0) is 24.3. The number of nitrogens with zero attached hydrogens (tertiary/aromatic N) is 1. The number of alkyl halides is 3. The van der Waals surface area contributed by atoms with Gasteiger partial charge in [-0.2, -0.15) is 13.2 Å². The van der Waals surface area contributed by atoms with E-state index in [4.69, 9.17) is 10.5 Å². The van der Waals surface area contributed by atoms with Crippen molar-refractivity contribution < 1.29 is 26.3 Å². The van der Waals surface area contributed by atoms with Gasteiger partial charge in [0.2, 0.25) is 0 Å². The molecule has 1 aliphatic heterocycles. The average molecular weight is 490 g/mol. The molecule has 0 unspecified atom stereocenters. The van der Waals surface area contributed by atoms with Crippen LogP contribution in [0, 0.1) is 11.8 Å². The van der Waals surface area contributed by atoms with Crippen molar-refractivity contribution in [3.63, 3.8) is 0 Å². The highest BCUT2D eigenvalue weighted by Gasteiger charge is 2.53. The number of halogens is 3. The normalized spacial score (nSPS) is 16.1. The van der Waals surface area contributed by atoms with Crippen LogP contribution in [-0.2, 0) is 21.8 Å². The van der Waals surface area contributed by atoms with Crippen molar-refractivity contribution in [2.45, 2.75) is 35.9 Å². The Hall–Kier alpha value is -3.32. The molecule has 1 saturated carbocycles. The number of nitrogen functional groups attached to an aromatic ring is 1. The van der Waals surface area contributed by atoms with Crippen LogP contribution < -0.4 is 15.8 Å². The van der Waals surface area contributed by atoms with Gasteiger partial charge >= 0.3 is 6.18 Å². The molecule has 0 saturated heterocycles. The first kappa shape index (κ1) is 22.5. The van der Waals surface area contributed by atoms with Crippen molar-refractivity contribution in [1.82, 2.24) is 4.57 Å². The smallest absolute Gasteiger partial charge is 0.406 e. The topological polar surface area (TPSA) is 86.4 Å². The van der Waals surface area contributed by atoms with Crippen molar-refractivity contribution in [2.24, 2.45) is 0 Å². The molecule has 0 amide bonds. The second-order valence-electron chi connectivity index (χ2n) is 8.84. The standard InChI is InChI=1S/C24H22F3N3O3S/c1-34(31,32)19-8-7-17(22-21(19)23(9-10-23)14-33-22)29-11-3-4-15-12-30(13-24(25,26)27)18-6-2-5-16(28)20(15)18/h2,5-8,12,29H,9-11,13-14,28H2,1H3. The molecular weight excluding hydrogens is 467 g/mol. The molecule has 1 spiro atoms. The summed E-state index contributed by atoms with van der Waals surface area (Å²) in [7, 11) is -3.40. The van der Waals surface area contributed by atoms with Gasteiger partial charge in [-0.1, -0.05) is 17.9 Å². The number of aromatic nitrogens is 1. The molecular formula is C24H22F3N3O3S. The Morgan fingerprint density at radius 1 is 1.24 bits per heavy atom. The summed E-state index contributed by atoms with van der Waals surface area (Å²) < 4.78 is 70.5. The van der Waals surface area contributed by atoms with Crippen molar-refractivity contribution in [1.29, 1.82) is 0 Å². The molecule has 2 heterocycles. The van der Waals surface area contributed by atoms with Gasteiger partial charge in [-0.3, -0.25) is 0 Å². The van der Waals surface area contributed by atoms with Crippen LogP contribution in [0.3, 0.4) is 0 Å². The van der Waals surface area contributed by atoms with Crippen molar-refractivity contribution in [2.75, 3.05) is 30.5 Å². The van der Waals surface area contributed by atoms with E-state index < -0.39 is 22.6 Å². The van der Waals surface area contributed by atoms with Gasteiger partial charge in [0, 0.05) is 34.5 Å². The van der Waals surface area contributed by atoms with Crippen molar-refractivity contribution in [3.8, 4) is 17.6 Å². The highest BCUT2D eigenvalue weighted by molar-refractivity contribution is 7.90. The largest absolute Gasteiger partial charge is 0.490 e. The molecule has 178 valence electrons. The van der Waals surface area contributed by atoms with Gasteiger partial charge in [-0.05, 0) is 37.1 Å². The van der Waals surface area contributed by atoms with Gasteiger partial charge in [0.05, 0.1) is 34.8 Å². The monoisotopic (exact) mass is 489 g/mol. The minimum Gasteiger partial charge on any atom is -0.490 e. The lowest BCUT2D eigenvalue weighted by atomic mass is 9.98. The van der Waals surface area contributed by atoms with Crippen LogP contribution in [0.5, 0.6) is 5.75 Å². The summed E-state index contributed by atoms with van der Waals surface area (Å²) in [6, 6.07) is 8.06. The van der Waals surface area contributed by atoms with Crippen molar-refractivity contribution in [3.05, 3.63) is 47.7 Å². The predicted molar refractivity (Wildman–Crippen MR) is 124 cm³/mol. The Balaban J connectivity index is 1.43. The average Bonchev–Trinajstić information content (AvgIpc) is 3.31. The Kier molecular flexibility index (Phi) is 5.02. The fourth-order valence-electron chi connectivity index (χ4n) is 4.57. The molecule has 1 fully saturated rings. The molecule has 2 aromatic carbocycles. The van der Waals surface area contributed by atoms with E-state index in [9.17, 15) is 21.6 Å². The number of anilines is 2. The predicted octanol–water partition coefficient (Wildman–Crippen LogP) is 4.08. The molecule has 5 rings (SSSR count). The molecule has 3 N–H and O–H groups in total. The Morgan fingerprint density at radius 2 is 2.00 bits per heavy atom. The first-order valence-electron chi connectivity index (χ1n) is 10.7. The minimum absolute atomic E-state index is 0.180. The van der Waals surface area contributed by atoms with Gasteiger partial charge in [-0.25, -0.2) is 8.42 Å². The zero-order valence-corrected chi connectivity index (χ0v) is 19.1. The fourth-order valence-corrected chi connectivity index (χ4v) is 5.57. The van der Waals surface area contributed by atoms with Crippen LogP contribution in [0.25, 0.3) is 10.9 Å². The van der Waals surface area contributed by atoms with Gasteiger partial charge in [-0.15, -0.1) is 0 Å². The summed E-state index contributed by atoms with van der Waals surface area (Å²) >= 11 is 0. The van der Waals surface area contributed by atoms with Crippen LogP contribution in [0.1, 0.15) is 24.0 Å². The first-order chi connectivity index (χ1) is 16.0. The van der Waals surface area contributed by atoms with E-state index in [1.165, 1.54) is 12.5 Å². The fraction of sp³-hybridized carbons (Fsp3) is 0.333. The molecule has 10 heteroatoms. The summed E-state index contributed by atoms with van der Waals surface area (Å²) in [5.74, 6) is 6.39. The molecule has 1 aliphatic carbocycles. The lowest BCUT2D eigenvalue weighted by Crippen LogP contribution is -2.16. The lowest BCUT2D eigenvalue weighted by Gasteiger charge is -2.13. The van der Waals surface area contributed by atoms with E-state index >= 15 is 0 Å².